The molecule has 0 aliphatic heterocycles. The highest BCUT2D eigenvalue weighted by molar-refractivity contribution is 6.31. The van der Waals surface area contributed by atoms with Gasteiger partial charge in [0.2, 0.25) is 0 Å². The van der Waals surface area contributed by atoms with Crippen LogP contribution in [0.2, 0.25) is 5.02 Å². The lowest BCUT2D eigenvalue weighted by atomic mass is 10.2. The highest BCUT2D eigenvalue weighted by atomic mass is 35.5. The van der Waals surface area contributed by atoms with E-state index in [2.05, 4.69) is 5.10 Å². The first-order chi connectivity index (χ1) is 8.63. The van der Waals surface area contributed by atoms with Gasteiger partial charge in [0.05, 0.1) is 18.0 Å². The van der Waals surface area contributed by atoms with Crippen LogP contribution in [0, 0.1) is 6.92 Å². The fourth-order valence-corrected chi connectivity index (χ4v) is 1.96. The number of aromatic nitrogens is 2. The minimum absolute atomic E-state index is 0.603. The summed E-state index contributed by atoms with van der Waals surface area (Å²) in [6, 6.07) is 7.55. The van der Waals surface area contributed by atoms with E-state index in [1.165, 1.54) is 0 Å². The van der Waals surface area contributed by atoms with Gasteiger partial charge in [0.1, 0.15) is 5.82 Å². The highest BCUT2D eigenvalue weighted by Crippen LogP contribution is 2.24. The van der Waals surface area contributed by atoms with Crippen molar-refractivity contribution < 1.29 is 4.74 Å². The first-order valence-corrected chi connectivity index (χ1v) is 6.10. The number of anilines is 1. The van der Waals surface area contributed by atoms with E-state index in [0.717, 1.165) is 23.4 Å². The number of ether oxygens (including phenoxy) is 1. The van der Waals surface area contributed by atoms with Gasteiger partial charge in [-0.1, -0.05) is 17.7 Å². The first-order valence-electron chi connectivity index (χ1n) is 5.72. The Balaban J connectivity index is 2.38. The van der Waals surface area contributed by atoms with Crippen molar-refractivity contribution in [1.82, 2.24) is 9.78 Å². The minimum atomic E-state index is 0.603. The number of halogens is 1. The zero-order chi connectivity index (χ0) is 13.1. The summed E-state index contributed by atoms with van der Waals surface area (Å²) in [5.41, 5.74) is 8.76. The monoisotopic (exact) mass is 265 g/mol. The van der Waals surface area contributed by atoms with Crippen LogP contribution < -0.4 is 5.73 Å². The van der Waals surface area contributed by atoms with E-state index in [9.17, 15) is 0 Å². The molecule has 0 spiro atoms. The molecule has 2 N–H and O–H groups in total. The second-order valence-corrected chi connectivity index (χ2v) is 4.51. The largest absolute Gasteiger partial charge is 0.384 e. The smallest absolute Gasteiger partial charge is 0.127 e. The molecule has 0 fully saturated rings. The molecule has 18 heavy (non-hydrogen) atoms. The molecule has 2 rings (SSSR count). The Morgan fingerprint density at radius 2 is 2.22 bits per heavy atom. The average molecular weight is 266 g/mol. The summed E-state index contributed by atoms with van der Waals surface area (Å²) in [6.07, 6.45) is 0.743. The molecule has 0 aliphatic rings. The van der Waals surface area contributed by atoms with Crippen LogP contribution in [-0.4, -0.2) is 23.5 Å². The molecule has 4 nitrogen and oxygen atoms in total. The van der Waals surface area contributed by atoms with Crippen LogP contribution in [-0.2, 0) is 11.2 Å². The maximum atomic E-state index is 6.10. The average Bonchev–Trinajstić information content (AvgIpc) is 2.71. The van der Waals surface area contributed by atoms with Crippen LogP contribution in [0.25, 0.3) is 5.69 Å². The molecule has 96 valence electrons. The van der Waals surface area contributed by atoms with Crippen molar-refractivity contribution in [3.8, 4) is 5.69 Å². The van der Waals surface area contributed by atoms with E-state index in [1.807, 2.05) is 31.2 Å². The Morgan fingerprint density at radius 1 is 1.44 bits per heavy atom. The van der Waals surface area contributed by atoms with Crippen LogP contribution >= 0.6 is 11.6 Å². The topological polar surface area (TPSA) is 53.1 Å². The maximum absolute atomic E-state index is 6.10. The van der Waals surface area contributed by atoms with Gasteiger partial charge in [-0.05, 0) is 24.6 Å². The molecule has 0 radical (unpaired) electrons. The Labute approximate surface area is 111 Å². The summed E-state index contributed by atoms with van der Waals surface area (Å²) in [5.74, 6) is 0.603. The number of hydrogen-bond donors (Lipinski definition) is 1. The van der Waals surface area contributed by atoms with Gasteiger partial charge < -0.3 is 10.5 Å². The van der Waals surface area contributed by atoms with Crippen molar-refractivity contribution in [3.05, 3.63) is 40.5 Å². The van der Waals surface area contributed by atoms with Crippen LogP contribution in [0.15, 0.2) is 24.3 Å². The standard InChI is InChI=1S/C13H16ClN3O/c1-9-11(14)4-3-5-12(9)17-13(15)8-10(16-17)6-7-18-2/h3-5,8H,6-7,15H2,1-2H3. The van der Waals surface area contributed by atoms with Gasteiger partial charge in [0, 0.05) is 24.6 Å². The summed E-state index contributed by atoms with van der Waals surface area (Å²) in [7, 11) is 1.67. The van der Waals surface area contributed by atoms with Crippen molar-refractivity contribution in [2.24, 2.45) is 0 Å². The number of nitrogens with two attached hydrogens (primary N) is 1. The maximum Gasteiger partial charge on any atom is 0.127 e. The molecule has 1 aromatic heterocycles. The zero-order valence-electron chi connectivity index (χ0n) is 10.5. The van der Waals surface area contributed by atoms with Gasteiger partial charge in [0.15, 0.2) is 0 Å². The van der Waals surface area contributed by atoms with Gasteiger partial charge in [-0.25, -0.2) is 4.68 Å². The lowest BCUT2D eigenvalue weighted by Gasteiger charge is -2.08. The summed E-state index contributed by atoms with van der Waals surface area (Å²) in [4.78, 5) is 0. The Hall–Kier alpha value is -1.52. The first kappa shape index (κ1) is 12.9. The fourth-order valence-electron chi connectivity index (χ4n) is 1.79. The number of methoxy groups -OCH3 is 1. The summed E-state index contributed by atoms with van der Waals surface area (Å²) in [6.45, 7) is 2.58. The van der Waals surface area contributed by atoms with Gasteiger partial charge in [0.25, 0.3) is 0 Å². The van der Waals surface area contributed by atoms with Crippen molar-refractivity contribution >= 4 is 17.4 Å². The molecular formula is C13H16ClN3O. The van der Waals surface area contributed by atoms with Gasteiger partial charge in [-0.2, -0.15) is 5.10 Å². The van der Waals surface area contributed by atoms with E-state index in [-0.39, 0.29) is 0 Å². The molecule has 0 unspecified atom stereocenters. The summed E-state index contributed by atoms with van der Waals surface area (Å²) in [5, 5.41) is 5.18. The lowest BCUT2D eigenvalue weighted by molar-refractivity contribution is 0.201. The normalized spacial score (nSPS) is 10.8. The third kappa shape index (κ3) is 2.49. The van der Waals surface area contributed by atoms with E-state index in [0.29, 0.717) is 17.4 Å². The predicted octanol–water partition coefficient (Wildman–Crippen LogP) is 2.61. The van der Waals surface area contributed by atoms with Crippen LogP contribution in [0.3, 0.4) is 0 Å². The van der Waals surface area contributed by atoms with Crippen LogP contribution in [0.1, 0.15) is 11.3 Å². The molecule has 0 atom stereocenters. The van der Waals surface area contributed by atoms with E-state index in [4.69, 9.17) is 22.1 Å². The van der Waals surface area contributed by atoms with Gasteiger partial charge in [-0.3, -0.25) is 0 Å². The predicted molar refractivity (Wildman–Crippen MR) is 73.3 cm³/mol. The third-order valence-corrected chi connectivity index (χ3v) is 3.23. The quantitative estimate of drug-likeness (QED) is 0.925. The number of benzene rings is 1. The summed E-state index contributed by atoms with van der Waals surface area (Å²) < 4.78 is 6.75. The Morgan fingerprint density at radius 3 is 2.94 bits per heavy atom. The molecule has 1 heterocycles. The second kappa shape index (κ2) is 5.42. The number of rotatable bonds is 4. The number of nitrogen functional groups attached to an aromatic ring is 1. The molecular weight excluding hydrogens is 250 g/mol. The van der Waals surface area contributed by atoms with E-state index in [1.54, 1.807) is 11.8 Å². The highest BCUT2D eigenvalue weighted by Gasteiger charge is 2.10. The van der Waals surface area contributed by atoms with E-state index >= 15 is 0 Å². The molecule has 5 heteroatoms. The van der Waals surface area contributed by atoms with Crippen molar-refractivity contribution in [2.75, 3.05) is 19.5 Å². The van der Waals surface area contributed by atoms with Crippen LogP contribution in [0.5, 0.6) is 0 Å². The molecule has 0 saturated heterocycles. The number of hydrogen-bond acceptors (Lipinski definition) is 3. The Kier molecular flexibility index (Phi) is 3.89. The Bertz CT molecular complexity index is 551. The van der Waals surface area contributed by atoms with Gasteiger partial charge >= 0.3 is 0 Å². The lowest BCUT2D eigenvalue weighted by Crippen LogP contribution is -2.04. The molecule has 1 aromatic carbocycles. The third-order valence-electron chi connectivity index (χ3n) is 2.82. The van der Waals surface area contributed by atoms with Crippen molar-refractivity contribution in [3.63, 3.8) is 0 Å². The number of nitrogens with zero attached hydrogens (tertiary/aromatic N) is 2. The fraction of sp³-hybridized carbons (Fsp3) is 0.308. The molecule has 0 bridgehead atoms. The zero-order valence-corrected chi connectivity index (χ0v) is 11.2. The molecule has 0 saturated carbocycles. The minimum Gasteiger partial charge on any atom is -0.384 e. The van der Waals surface area contributed by atoms with Crippen LogP contribution in [0.4, 0.5) is 5.82 Å². The van der Waals surface area contributed by atoms with Crippen molar-refractivity contribution in [1.29, 1.82) is 0 Å². The SMILES string of the molecule is COCCc1cc(N)n(-c2cccc(Cl)c2C)n1. The molecule has 0 amide bonds. The molecule has 0 aliphatic carbocycles. The second-order valence-electron chi connectivity index (χ2n) is 4.10. The summed E-state index contributed by atoms with van der Waals surface area (Å²) >= 11 is 6.10. The molecule has 2 aromatic rings. The van der Waals surface area contributed by atoms with Gasteiger partial charge in [-0.15, -0.1) is 0 Å². The van der Waals surface area contributed by atoms with E-state index < -0.39 is 0 Å². The van der Waals surface area contributed by atoms with Crippen molar-refractivity contribution in [2.45, 2.75) is 13.3 Å².